The average Bonchev–Trinajstić information content (AvgIpc) is 2.92. The molecule has 0 aliphatic rings. The molecule has 0 saturated heterocycles. The van der Waals surface area contributed by atoms with Crippen molar-refractivity contribution in [3.05, 3.63) is 129 Å². The van der Waals surface area contributed by atoms with Crippen LogP contribution >= 0.6 is 23.2 Å². The molecule has 2 amide bonds. The van der Waals surface area contributed by atoms with Crippen LogP contribution in [0.25, 0.3) is 0 Å². The van der Waals surface area contributed by atoms with E-state index in [-0.39, 0.29) is 6.03 Å². The van der Waals surface area contributed by atoms with Gasteiger partial charge in [-0.3, -0.25) is 0 Å². The molecule has 196 valence electrons. The number of ether oxygens (including phenoxy) is 1. The monoisotopic (exact) mass is 546 g/mol. The van der Waals surface area contributed by atoms with Crippen molar-refractivity contribution in [2.75, 3.05) is 11.9 Å². The molecule has 4 nitrogen and oxygen atoms in total. The molecule has 0 bridgehead atoms. The zero-order valence-corrected chi connectivity index (χ0v) is 23.2. The lowest BCUT2D eigenvalue weighted by Crippen LogP contribution is -2.36. The van der Waals surface area contributed by atoms with Crippen molar-refractivity contribution in [2.45, 2.75) is 39.3 Å². The predicted octanol–water partition coefficient (Wildman–Crippen LogP) is 8.97. The topological polar surface area (TPSA) is 41.6 Å². The van der Waals surface area contributed by atoms with Crippen LogP contribution in [0.5, 0.6) is 5.75 Å². The Balaban J connectivity index is 1.44. The first-order valence-electron chi connectivity index (χ1n) is 12.7. The summed E-state index contributed by atoms with van der Waals surface area (Å²) in [6.45, 7) is 5.74. The Morgan fingerprint density at radius 2 is 1.58 bits per heavy atom. The fourth-order valence-electron chi connectivity index (χ4n) is 4.04. The highest BCUT2D eigenvalue weighted by Crippen LogP contribution is 2.23. The lowest BCUT2D eigenvalue weighted by atomic mass is 10.0. The van der Waals surface area contributed by atoms with E-state index in [1.54, 1.807) is 11.0 Å². The maximum atomic E-state index is 13.4. The molecule has 0 unspecified atom stereocenters. The van der Waals surface area contributed by atoms with E-state index < -0.39 is 0 Å². The minimum Gasteiger partial charge on any atom is -0.489 e. The zero-order chi connectivity index (χ0) is 26.9. The Kier molecular flexibility index (Phi) is 9.69. The van der Waals surface area contributed by atoms with Crippen LogP contribution in [-0.2, 0) is 19.6 Å². The molecule has 38 heavy (non-hydrogen) atoms. The molecule has 0 heterocycles. The summed E-state index contributed by atoms with van der Waals surface area (Å²) in [6, 6.07) is 31.2. The van der Waals surface area contributed by atoms with Crippen LogP contribution in [0.2, 0.25) is 10.0 Å². The van der Waals surface area contributed by atoms with Crippen LogP contribution in [0.4, 0.5) is 10.5 Å². The van der Waals surface area contributed by atoms with E-state index in [0.717, 1.165) is 28.1 Å². The largest absolute Gasteiger partial charge is 0.489 e. The lowest BCUT2D eigenvalue weighted by Gasteiger charge is -2.24. The number of hydrogen-bond donors (Lipinski definition) is 1. The summed E-state index contributed by atoms with van der Waals surface area (Å²) in [6.07, 6.45) is 0.605. The molecule has 6 heteroatoms. The highest BCUT2D eigenvalue weighted by molar-refractivity contribution is 6.35. The van der Waals surface area contributed by atoms with Crippen LogP contribution in [0, 0.1) is 0 Å². The third-order valence-electron chi connectivity index (χ3n) is 6.33. The molecule has 0 fully saturated rings. The molecule has 4 aromatic rings. The molecular formula is C32H32Cl2N2O2. The molecule has 4 rings (SSSR count). The second-order valence-corrected chi connectivity index (χ2v) is 10.4. The molecule has 1 N–H and O–H groups in total. The molecule has 4 aromatic carbocycles. The van der Waals surface area contributed by atoms with E-state index in [1.165, 1.54) is 5.56 Å². The number of nitrogens with one attached hydrogen (secondary N) is 1. The van der Waals surface area contributed by atoms with Gasteiger partial charge >= 0.3 is 6.03 Å². The summed E-state index contributed by atoms with van der Waals surface area (Å²) in [5.41, 5.74) is 5.05. The first-order valence-corrected chi connectivity index (χ1v) is 13.5. The molecule has 0 spiro atoms. The van der Waals surface area contributed by atoms with Gasteiger partial charge in [-0.2, -0.15) is 0 Å². The van der Waals surface area contributed by atoms with E-state index >= 15 is 0 Å². The van der Waals surface area contributed by atoms with Gasteiger partial charge in [0.15, 0.2) is 0 Å². The summed E-state index contributed by atoms with van der Waals surface area (Å²) in [4.78, 5) is 15.2. The average molecular weight is 548 g/mol. The number of carbonyl (C=O) groups is 1. The Morgan fingerprint density at radius 3 is 2.24 bits per heavy atom. The molecule has 0 atom stereocenters. The van der Waals surface area contributed by atoms with Crippen LogP contribution in [-0.4, -0.2) is 17.5 Å². The van der Waals surface area contributed by atoms with Gasteiger partial charge in [0, 0.05) is 28.8 Å². The molecule has 0 radical (unpaired) electrons. The lowest BCUT2D eigenvalue weighted by molar-refractivity contribution is 0.210. The Hall–Kier alpha value is -3.47. The number of hydrogen-bond acceptors (Lipinski definition) is 2. The Labute approximate surface area is 235 Å². The maximum absolute atomic E-state index is 13.4. The number of halogens is 2. The number of urea groups is 1. The minimum atomic E-state index is -0.170. The van der Waals surface area contributed by atoms with Gasteiger partial charge in [-0.1, -0.05) is 97.7 Å². The number of benzene rings is 4. The van der Waals surface area contributed by atoms with Gasteiger partial charge in [0.1, 0.15) is 12.4 Å². The number of nitrogens with zero attached hydrogens (tertiary/aromatic N) is 1. The third kappa shape index (κ3) is 8.01. The summed E-state index contributed by atoms with van der Waals surface area (Å²) in [5.74, 6) is 1.21. The summed E-state index contributed by atoms with van der Waals surface area (Å²) >= 11 is 12.5. The van der Waals surface area contributed by atoms with Crippen LogP contribution in [0.15, 0.2) is 97.1 Å². The van der Waals surface area contributed by atoms with Gasteiger partial charge in [-0.25, -0.2) is 4.79 Å². The van der Waals surface area contributed by atoms with Crippen LogP contribution in [0.1, 0.15) is 42.0 Å². The van der Waals surface area contributed by atoms with Crippen molar-refractivity contribution in [1.29, 1.82) is 0 Å². The van der Waals surface area contributed by atoms with Crippen LogP contribution in [0.3, 0.4) is 0 Å². The van der Waals surface area contributed by atoms with Gasteiger partial charge in [0.2, 0.25) is 0 Å². The first-order chi connectivity index (χ1) is 18.4. The van der Waals surface area contributed by atoms with E-state index in [0.29, 0.717) is 42.1 Å². The minimum absolute atomic E-state index is 0.170. The molecule has 0 aromatic heterocycles. The second kappa shape index (κ2) is 13.4. The van der Waals surface area contributed by atoms with Gasteiger partial charge in [0.05, 0.1) is 0 Å². The molecular weight excluding hydrogens is 515 g/mol. The SMILES string of the molecule is CC(C)c1ccc(NC(=O)N(CCc2ccc(Cl)cc2Cl)Cc2ccc(OCc3ccccc3)cc2)cc1. The quantitative estimate of drug-likeness (QED) is 0.215. The van der Waals surface area contributed by atoms with E-state index in [2.05, 4.69) is 19.2 Å². The van der Waals surface area contributed by atoms with E-state index in [4.69, 9.17) is 27.9 Å². The van der Waals surface area contributed by atoms with Crippen LogP contribution < -0.4 is 10.1 Å². The number of anilines is 1. The van der Waals surface area contributed by atoms with Crippen molar-refractivity contribution in [3.8, 4) is 5.75 Å². The highest BCUT2D eigenvalue weighted by Gasteiger charge is 2.16. The predicted molar refractivity (Wildman–Crippen MR) is 157 cm³/mol. The van der Waals surface area contributed by atoms with Gasteiger partial charge in [-0.05, 0) is 71.0 Å². The van der Waals surface area contributed by atoms with Crippen molar-refractivity contribution in [2.24, 2.45) is 0 Å². The molecule has 0 aliphatic carbocycles. The van der Waals surface area contributed by atoms with Gasteiger partial charge < -0.3 is 15.0 Å². The zero-order valence-electron chi connectivity index (χ0n) is 21.7. The fourth-order valence-corrected chi connectivity index (χ4v) is 4.54. The molecule has 0 aliphatic heterocycles. The smallest absolute Gasteiger partial charge is 0.322 e. The highest BCUT2D eigenvalue weighted by atomic mass is 35.5. The number of carbonyl (C=O) groups excluding carboxylic acids is 1. The standard InChI is InChI=1S/C32H32Cl2N2O2/c1-23(2)26-11-14-29(15-12-26)35-32(37)36(19-18-27-10-13-28(33)20-31(27)34)21-24-8-16-30(17-9-24)38-22-25-6-4-3-5-7-25/h3-17,20,23H,18-19,21-22H2,1-2H3,(H,35,37). The fraction of sp³-hybridized carbons (Fsp3) is 0.219. The Morgan fingerprint density at radius 1 is 0.868 bits per heavy atom. The normalized spacial score (nSPS) is 10.9. The van der Waals surface area contributed by atoms with E-state index in [1.807, 2.05) is 91.0 Å². The van der Waals surface area contributed by atoms with Crippen molar-refractivity contribution >= 4 is 34.9 Å². The first kappa shape index (κ1) is 27.6. The maximum Gasteiger partial charge on any atom is 0.322 e. The summed E-state index contributed by atoms with van der Waals surface area (Å²) in [5, 5.41) is 4.24. The summed E-state index contributed by atoms with van der Waals surface area (Å²) < 4.78 is 5.91. The summed E-state index contributed by atoms with van der Waals surface area (Å²) in [7, 11) is 0. The van der Waals surface area contributed by atoms with Crippen molar-refractivity contribution in [3.63, 3.8) is 0 Å². The number of rotatable bonds is 10. The Bertz CT molecular complexity index is 1320. The van der Waals surface area contributed by atoms with Crippen molar-refractivity contribution in [1.82, 2.24) is 4.90 Å². The molecule has 0 saturated carbocycles. The third-order valence-corrected chi connectivity index (χ3v) is 6.91. The second-order valence-electron chi connectivity index (χ2n) is 9.53. The van der Waals surface area contributed by atoms with Gasteiger partial charge in [-0.15, -0.1) is 0 Å². The number of amides is 2. The van der Waals surface area contributed by atoms with Crippen molar-refractivity contribution < 1.29 is 9.53 Å². The van der Waals surface area contributed by atoms with E-state index in [9.17, 15) is 4.79 Å². The van der Waals surface area contributed by atoms with Gasteiger partial charge in [0.25, 0.3) is 0 Å².